The zero-order chi connectivity index (χ0) is 35.6. The molecule has 0 aliphatic heterocycles. The highest BCUT2D eigenvalue weighted by atomic mass is 16.3. The lowest BCUT2D eigenvalue weighted by Gasteiger charge is -2.14. The summed E-state index contributed by atoms with van der Waals surface area (Å²) in [6.45, 7) is 0. The van der Waals surface area contributed by atoms with Crippen LogP contribution in [0.1, 0.15) is 0 Å². The monoisotopic (exact) mass is 690 g/mol. The molecule has 0 atom stereocenters. The van der Waals surface area contributed by atoms with Crippen molar-refractivity contribution in [2.75, 3.05) is 0 Å². The first kappa shape index (κ1) is 30.3. The van der Waals surface area contributed by atoms with E-state index in [1.807, 2.05) is 54.6 Å². The molecule has 252 valence electrons. The molecule has 0 bridgehead atoms. The number of hydrogen-bond acceptors (Lipinski definition) is 4. The standard InChI is InChI=1S/C50H30N2O2/c1-2-12-32(13-3-1)50-51-44(34-22-24-49-43(29-34)41-17-7-9-20-47(41)54-49)30-45(52-50)37-26-35(25-36(27-37)39-18-10-14-31-11-4-5-15-38(31)39)33-21-23-48-42(28-33)40-16-6-8-19-46(40)53-48/h1-30H. The molecule has 0 N–H and O–H groups in total. The van der Waals surface area contributed by atoms with Crippen LogP contribution in [0.5, 0.6) is 0 Å². The van der Waals surface area contributed by atoms with Crippen LogP contribution in [-0.2, 0) is 0 Å². The summed E-state index contributed by atoms with van der Waals surface area (Å²) >= 11 is 0. The first-order chi connectivity index (χ1) is 26.7. The average molecular weight is 691 g/mol. The molecule has 0 saturated carbocycles. The van der Waals surface area contributed by atoms with Gasteiger partial charge in [0.1, 0.15) is 22.3 Å². The highest BCUT2D eigenvalue weighted by molar-refractivity contribution is 6.07. The molecule has 11 rings (SSSR count). The Balaban J connectivity index is 1.15. The first-order valence-electron chi connectivity index (χ1n) is 18.1. The second kappa shape index (κ2) is 12.1. The van der Waals surface area contributed by atoms with E-state index in [0.29, 0.717) is 5.82 Å². The molecule has 4 heteroatoms. The maximum atomic E-state index is 6.21. The normalized spacial score (nSPS) is 11.7. The molecule has 54 heavy (non-hydrogen) atoms. The number of aromatic nitrogens is 2. The molecule has 0 amide bonds. The predicted octanol–water partition coefficient (Wildman–Crippen LogP) is 13.8. The fourth-order valence-corrected chi connectivity index (χ4v) is 7.83. The lowest BCUT2D eigenvalue weighted by Crippen LogP contribution is -1.96. The number of fused-ring (bicyclic) bond motifs is 7. The fraction of sp³-hybridized carbons (Fsp3) is 0. The highest BCUT2D eigenvalue weighted by Gasteiger charge is 2.17. The van der Waals surface area contributed by atoms with E-state index in [0.717, 1.165) is 88.6 Å². The quantitative estimate of drug-likeness (QED) is 0.180. The van der Waals surface area contributed by atoms with Crippen molar-refractivity contribution in [3.05, 3.63) is 182 Å². The van der Waals surface area contributed by atoms with Crippen LogP contribution in [0, 0.1) is 0 Å². The second-order valence-corrected chi connectivity index (χ2v) is 13.8. The topological polar surface area (TPSA) is 52.1 Å². The van der Waals surface area contributed by atoms with Crippen LogP contribution in [0.2, 0.25) is 0 Å². The molecular formula is C50H30N2O2. The van der Waals surface area contributed by atoms with Gasteiger partial charge in [-0.2, -0.15) is 0 Å². The van der Waals surface area contributed by atoms with Gasteiger partial charge in [0, 0.05) is 38.2 Å². The number of nitrogens with zero attached hydrogens (tertiary/aromatic N) is 2. The van der Waals surface area contributed by atoms with Crippen molar-refractivity contribution in [3.63, 3.8) is 0 Å². The van der Waals surface area contributed by atoms with Gasteiger partial charge in [0.2, 0.25) is 0 Å². The van der Waals surface area contributed by atoms with Gasteiger partial charge in [-0.25, -0.2) is 9.97 Å². The second-order valence-electron chi connectivity index (χ2n) is 13.8. The molecule has 0 saturated heterocycles. The third kappa shape index (κ3) is 5.07. The van der Waals surface area contributed by atoms with Crippen molar-refractivity contribution in [3.8, 4) is 56.2 Å². The van der Waals surface area contributed by atoms with Crippen molar-refractivity contribution in [2.45, 2.75) is 0 Å². The number of furan rings is 2. The molecule has 0 fully saturated rings. The smallest absolute Gasteiger partial charge is 0.160 e. The van der Waals surface area contributed by atoms with Crippen LogP contribution in [-0.4, -0.2) is 9.97 Å². The lowest BCUT2D eigenvalue weighted by molar-refractivity contribution is 0.668. The molecule has 0 radical (unpaired) electrons. The van der Waals surface area contributed by atoms with E-state index in [2.05, 4.69) is 127 Å². The summed E-state index contributed by atoms with van der Waals surface area (Å²) in [6.07, 6.45) is 0. The Morgan fingerprint density at radius 3 is 1.57 bits per heavy atom. The predicted molar refractivity (Wildman–Crippen MR) is 221 cm³/mol. The minimum atomic E-state index is 0.670. The molecule has 0 aliphatic rings. The van der Waals surface area contributed by atoms with Gasteiger partial charge >= 0.3 is 0 Å². The van der Waals surface area contributed by atoms with E-state index in [4.69, 9.17) is 18.8 Å². The Hall–Kier alpha value is -7.30. The molecule has 4 nitrogen and oxygen atoms in total. The van der Waals surface area contributed by atoms with Crippen LogP contribution >= 0.6 is 0 Å². The number of benzene rings is 8. The molecule has 3 aromatic heterocycles. The largest absolute Gasteiger partial charge is 0.456 e. The summed E-state index contributed by atoms with van der Waals surface area (Å²) in [5.74, 6) is 0.670. The van der Waals surface area contributed by atoms with Gasteiger partial charge in [0.15, 0.2) is 5.82 Å². The maximum absolute atomic E-state index is 6.21. The van der Waals surface area contributed by atoms with Crippen LogP contribution in [0.25, 0.3) is 111 Å². The fourth-order valence-electron chi connectivity index (χ4n) is 7.83. The highest BCUT2D eigenvalue weighted by Crippen LogP contribution is 2.39. The van der Waals surface area contributed by atoms with Gasteiger partial charge in [-0.3, -0.25) is 0 Å². The van der Waals surface area contributed by atoms with Crippen molar-refractivity contribution >= 4 is 54.6 Å². The Bertz CT molecular complexity index is 3220. The van der Waals surface area contributed by atoms with E-state index in [1.165, 1.54) is 16.3 Å². The van der Waals surface area contributed by atoms with Crippen LogP contribution in [0.4, 0.5) is 0 Å². The van der Waals surface area contributed by atoms with Crippen molar-refractivity contribution in [2.24, 2.45) is 0 Å². The van der Waals surface area contributed by atoms with Gasteiger partial charge < -0.3 is 8.83 Å². The summed E-state index contributed by atoms with van der Waals surface area (Å²) in [4.78, 5) is 10.4. The van der Waals surface area contributed by atoms with Crippen molar-refractivity contribution in [1.29, 1.82) is 0 Å². The average Bonchev–Trinajstić information content (AvgIpc) is 3.81. The lowest BCUT2D eigenvalue weighted by atomic mass is 9.91. The zero-order valence-electron chi connectivity index (χ0n) is 29.0. The van der Waals surface area contributed by atoms with Gasteiger partial charge in [-0.1, -0.05) is 115 Å². The SMILES string of the molecule is c1ccc(-c2nc(-c3cc(-c4ccc5oc6ccccc6c5c4)cc(-c4cccc5ccccc45)c3)cc(-c3ccc4oc5ccccc5c4c3)n2)cc1. The van der Waals surface area contributed by atoms with E-state index in [-0.39, 0.29) is 0 Å². The number of para-hydroxylation sites is 2. The molecule has 0 spiro atoms. The number of rotatable bonds is 5. The van der Waals surface area contributed by atoms with Crippen molar-refractivity contribution in [1.82, 2.24) is 9.97 Å². The molecule has 0 unspecified atom stereocenters. The van der Waals surface area contributed by atoms with Crippen LogP contribution < -0.4 is 0 Å². The van der Waals surface area contributed by atoms with Crippen molar-refractivity contribution < 1.29 is 8.83 Å². The summed E-state index contributed by atoms with van der Waals surface area (Å²) in [7, 11) is 0. The van der Waals surface area contributed by atoms with Crippen LogP contribution in [0.15, 0.2) is 191 Å². The molecule has 8 aromatic carbocycles. The Labute approximate surface area is 310 Å². The first-order valence-corrected chi connectivity index (χ1v) is 18.1. The minimum absolute atomic E-state index is 0.670. The summed E-state index contributed by atoms with van der Waals surface area (Å²) in [5.41, 5.74) is 12.6. The van der Waals surface area contributed by atoms with Gasteiger partial charge in [0.25, 0.3) is 0 Å². The Morgan fingerprint density at radius 1 is 0.296 bits per heavy atom. The number of hydrogen-bond donors (Lipinski definition) is 0. The van der Waals surface area contributed by atoms with Gasteiger partial charge in [-0.15, -0.1) is 0 Å². The molecule has 11 aromatic rings. The van der Waals surface area contributed by atoms with E-state index in [9.17, 15) is 0 Å². The minimum Gasteiger partial charge on any atom is -0.456 e. The van der Waals surface area contributed by atoms with Crippen LogP contribution in [0.3, 0.4) is 0 Å². The van der Waals surface area contributed by atoms with E-state index in [1.54, 1.807) is 0 Å². The molecular weight excluding hydrogens is 661 g/mol. The summed E-state index contributed by atoms with van der Waals surface area (Å²) < 4.78 is 12.4. The van der Waals surface area contributed by atoms with Gasteiger partial charge in [-0.05, 0) is 99.8 Å². The summed E-state index contributed by atoms with van der Waals surface area (Å²) in [5, 5.41) is 6.75. The van der Waals surface area contributed by atoms with E-state index >= 15 is 0 Å². The van der Waals surface area contributed by atoms with E-state index < -0.39 is 0 Å². The maximum Gasteiger partial charge on any atom is 0.160 e. The Morgan fingerprint density at radius 2 is 0.833 bits per heavy atom. The zero-order valence-corrected chi connectivity index (χ0v) is 29.0. The summed E-state index contributed by atoms with van der Waals surface area (Å²) in [6, 6.07) is 63.5. The Kier molecular flexibility index (Phi) is 6.82. The molecule has 0 aliphatic carbocycles. The third-order valence-electron chi connectivity index (χ3n) is 10.5. The van der Waals surface area contributed by atoms with Gasteiger partial charge in [0.05, 0.1) is 11.4 Å². The third-order valence-corrected chi connectivity index (χ3v) is 10.5. The molecule has 3 heterocycles.